The minimum absolute atomic E-state index is 0.0694. The molecule has 8 heteroatoms. The van der Waals surface area contributed by atoms with Crippen molar-refractivity contribution in [1.29, 1.82) is 0 Å². The Hall–Kier alpha value is -3.39. The number of imidazole rings is 1. The van der Waals surface area contributed by atoms with Gasteiger partial charge >= 0.3 is 5.97 Å². The first-order valence-electron chi connectivity index (χ1n) is 13.6. The Morgan fingerprint density at radius 3 is 2.21 bits per heavy atom. The van der Waals surface area contributed by atoms with E-state index in [0.717, 1.165) is 54.9 Å². The molecule has 0 aliphatic carbocycles. The number of nitrogens with one attached hydrogen (secondary N) is 1. The summed E-state index contributed by atoms with van der Waals surface area (Å²) >= 11 is 0. The van der Waals surface area contributed by atoms with Crippen molar-refractivity contribution in [2.75, 3.05) is 32.1 Å². The quantitative estimate of drug-likeness (QED) is 0.279. The molecule has 3 N–H and O–H groups in total. The van der Waals surface area contributed by atoms with Gasteiger partial charge in [-0.3, -0.25) is 4.79 Å². The maximum Gasteiger partial charge on any atom is 0.337 e. The van der Waals surface area contributed by atoms with Crippen LogP contribution in [-0.4, -0.2) is 53.1 Å². The van der Waals surface area contributed by atoms with E-state index >= 15 is 0 Å². The molecule has 0 aliphatic rings. The normalized spacial score (nSPS) is 11.4. The molecule has 1 heterocycles. The highest BCUT2D eigenvalue weighted by Crippen LogP contribution is 2.24. The maximum absolute atomic E-state index is 13.6. The van der Waals surface area contributed by atoms with Gasteiger partial charge in [-0.25, -0.2) is 9.78 Å². The summed E-state index contributed by atoms with van der Waals surface area (Å²) in [5.74, 6) is 1.52. The third kappa shape index (κ3) is 7.81. The van der Waals surface area contributed by atoms with Crippen LogP contribution in [0.3, 0.4) is 0 Å². The molecule has 1 amide bonds. The van der Waals surface area contributed by atoms with Gasteiger partial charge in [0.2, 0.25) is 5.95 Å². The van der Waals surface area contributed by atoms with E-state index in [2.05, 4.69) is 37.6 Å². The molecule has 0 atom stereocenters. The smallest absolute Gasteiger partial charge is 0.337 e. The van der Waals surface area contributed by atoms with E-state index < -0.39 is 0 Å². The number of aromatic nitrogens is 2. The van der Waals surface area contributed by atoms with Crippen molar-refractivity contribution >= 4 is 28.9 Å². The lowest BCUT2D eigenvalue weighted by Gasteiger charge is -2.24. The minimum atomic E-state index is -0.356. The highest BCUT2D eigenvalue weighted by molar-refractivity contribution is 5.97. The number of benzene rings is 2. The Morgan fingerprint density at radius 2 is 1.63 bits per heavy atom. The first-order valence-corrected chi connectivity index (χ1v) is 13.6. The number of anilines is 1. The number of carbonyl (C=O) groups excluding carboxylic acids is 2. The number of esters is 1. The van der Waals surface area contributed by atoms with Gasteiger partial charge in [-0.1, -0.05) is 39.8 Å². The lowest BCUT2D eigenvalue weighted by Crippen LogP contribution is -2.34. The number of hydrogen-bond donors (Lipinski definition) is 2. The van der Waals surface area contributed by atoms with E-state index in [-0.39, 0.29) is 11.9 Å². The fraction of sp³-hybridized carbons (Fsp3) is 0.500. The van der Waals surface area contributed by atoms with E-state index in [4.69, 9.17) is 15.5 Å². The van der Waals surface area contributed by atoms with Crippen LogP contribution in [0.25, 0.3) is 11.0 Å². The fourth-order valence-electron chi connectivity index (χ4n) is 4.25. The molecule has 8 nitrogen and oxygen atoms in total. The maximum atomic E-state index is 13.6. The Labute approximate surface area is 226 Å². The number of fused-ring (bicyclic) bond motifs is 1. The molecule has 0 aliphatic heterocycles. The number of amides is 1. The second kappa shape index (κ2) is 14.0. The minimum Gasteiger partial charge on any atom is -0.465 e. The summed E-state index contributed by atoms with van der Waals surface area (Å²) in [5.41, 5.74) is 9.79. The van der Waals surface area contributed by atoms with E-state index in [1.54, 1.807) is 12.1 Å². The highest BCUT2D eigenvalue weighted by atomic mass is 16.5. The fourth-order valence-corrected chi connectivity index (χ4v) is 4.25. The first kappa shape index (κ1) is 29.2. The Kier molecular flexibility index (Phi) is 10.7. The van der Waals surface area contributed by atoms with Crippen molar-refractivity contribution in [3.8, 4) is 0 Å². The summed E-state index contributed by atoms with van der Waals surface area (Å²) in [5, 5.41) is 3.43. The zero-order valence-corrected chi connectivity index (χ0v) is 23.5. The number of rotatable bonds is 14. The predicted molar refractivity (Wildman–Crippen MR) is 153 cm³/mol. The second-order valence-corrected chi connectivity index (χ2v) is 10.6. The first-order chi connectivity index (χ1) is 18.2. The number of ether oxygens (including phenoxy) is 1. The number of nitrogens with zero attached hydrogens (tertiary/aromatic N) is 3. The van der Waals surface area contributed by atoms with Crippen LogP contribution < -0.4 is 11.1 Å². The summed E-state index contributed by atoms with van der Waals surface area (Å²) in [4.78, 5) is 32.1. The molecule has 3 aromatic rings. The van der Waals surface area contributed by atoms with E-state index in [1.807, 2.05) is 35.2 Å². The van der Waals surface area contributed by atoms with Gasteiger partial charge in [-0.15, -0.1) is 0 Å². The standard InChI is InChI=1S/C30H43N5O3/c1-21(2)13-17-34(18-14-22(3)4)28(36)25-11-12-26-27(19-25)35(16-6-15-31)30(33-26)32-20-23-7-9-24(10-8-23)29(37)38-5/h7-12,19,21-22H,6,13-18,20,31H2,1-5H3,(H,32,33). The Bertz CT molecular complexity index is 1190. The molecule has 0 radical (unpaired) electrons. The summed E-state index contributed by atoms with van der Waals surface area (Å²) in [6, 6.07) is 13.1. The van der Waals surface area contributed by atoms with Crippen LogP contribution in [0.5, 0.6) is 0 Å². The second-order valence-electron chi connectivity index (χ2n) is 10.6. The number of carbonyl (C=O) groups is 2. The summed E-state index contributed by atoms with van der Waals surface area (Å²) in [7, 11) is 1.37. The number of aryl methyl sites for hydroxylation is 1. The average Bonchev–Trinajstić information content (AvgIpc) is 3.26. The molecular formula is C30H43N5O3. The number of hydrogen-bond acceptors (Lipinski definition) is 6. The summed E-state index contributed by atoms with van der Waals surface area (Å²) in [6.07, 6.45) is 2.76. The SMILES string of the molecule is COC(=O)c1ccc(CNc2nc3ccc(C(=O)N(CCC(C)C)CCC(C)C)cc3n2CCCN)cc1. The van der Waals surface area contributed by atoms with Gasteiger partial charge in [0.05, 0.1) is 23.7 Å². The van der Waals surface area contributed by atoms with Crippen molar-refractivity contribution in [1.82, 2.24) is 14.5 Å². The van der Waals surface area contributed by atoms with E-state index in [9.17, 15) is 9.59 Å². The zero-order valence-electron chi connectivity index (χ0n) is 23.5. The van der Waals surface area contributed by atoms with Crippen LogP contribution in [0, 0.1) is 11.8 Å². The van der Waals surface area contributed by atoms with Crippen LogP contribution in [0.4, 0.5) is 5.95 Å². The van der Waals surface area contributed by atoms with Gasteiger partial charge in [0.1, 0.15) is 0 Å². The largest absolute Gasteiger partial charge is 0.465 e. The lowest BCUT2D eigenvalue weighted by atomic mass is 10.1. The van der Waals surface area contributed by atoms with Crippen molar-refractivity contribution in [3.63, 3.8) is 0 Å². The monoisotopic (exact) mass is 521 g/mol. The summed E-state index contributed by atoms with van der Waals surface area (Å²) < 4.78 is 6.88. The molecule has 2 aromatic carbocycles. The molecule has 3 rings (SSSR count). The molecule has 0 saturated heterocycles. The number of nitrogens with two attached hydrogens (primary N) is 1. The van der Waals surface area contributed by atoms with Gasteiger partial charge in [-0.05, 0) is 73.5 Å². The molecule has 0 bridgehead atoms. The molecule has 1 aromatic heterocycles. The average molecular weight is 522 g/mol. The van der Waals surface area contributed by atoms with Crippen molar-refractivity contribution in [2.24, 2.45) is 17.6 Å². The van der Waals surface area contributed by atoms with Gasteiger partial charge in [0.25, 0.3) is 5.91 Å². The third-order valence-electron chi connectivity index (χ3n) is 6.65. The zero-order chi connectivity index (χ0) is 27.7. The molecule has 206 valence electrons. The Morgan fingerprint density at radius 1 is 1.00 bits per heavy atom. The third-order valence-corrected chi connectivity index (χ3v) is 6.65. The van der Waals surface area contributed by atoms with Gasteiger partial charge in [0.15, 0.2) is 0 Å². The Balaban J connectivity index is 1.85. The molecule has 38 heavy (non-hydrogen) atoms. The van der Waals surface area contributed by atoms with Gasteiger partial charge in [-0.2, -0.15) is 0 Å². The number of methoxy groups -OCH3 is 1. The van der Waals surface area contributed by atoms with E-state index in [1.165, 1.54) is 7.11 Å². The summed E-state index contributed by atoms with van der Waals surface area (Å²) in [6.45, 7) is 12.1. The van der Waals surface area contributed by atoms with Crippen molar-refractivity contribution in [3.05, 3.63) is 59.2 Å². The molecule has 0 saturated carbocycles. The lowest BCUT2D eigenvalue weighted by molar-refractivity contribution is 0.0600. The van der Waals surface area contributed by atoms with Crippen molar-refractivity contribution < 1.29 is 14.3 Å². The van der Waals surface area contributed by atoms with Gasteiger partial charge < -0.3 is 25.3 Å². The van der Waals surface area contributed by atoms with Crippen LogP contribution in [-0.2, 0) is 17.8 Å². The molecule has 0 unspecified atom stereocenters. The van der Waals surface area contributed by atoms with Crippen LogP contribution in [0.15, 0.2) is 42.5 Å². The van der Waals surface area contributed by atoms with Crippen LogP contribution in [0.1, 0.15) is 73.2 Å². The van der Waals surface area contributed by atoms with Gasteiger partial charge in [0, 0.05) is 31.7 Å². The predicted octanol–water partition coefficient (Wildman–Crippen LogP) is 5.32. The van der Waals surface area contributed by atoms with Crippen LogP contribution in [0.2, 0.25) is 0 Å². The van der Waals surface area contributed by atoms with Crippen LogP contribution >= 0.6 is 0 Å². The molecular weight excluding hydrogens is 478 g/mol. The molecule has 0 spiro atoms. The topological polar surface area (TPSA) is 102 Å². The molecule has 0 fully saturated rings. The van der Waals surface area contributed by atoms with E-state index in [0.29, 0.717) is 42.6 Å². The van der Waals surface area contributed by atoms with Crippen molar-refractivity contribution in [2.45, 2.75) is 60.0 Å². The highest BCUT2D eigenvalue weighted by Gasteiger charge is 2.19.